The highest BCUT2D eigenvalue weighted by Crippen LogP contribution is 2.20. The van der Waals surface area contributed by atoms with Crippen LogP contribution in [-0.4, -0.2) is 5.91 Å². The molecule has 3 nitrogen and oxygen atoms in total. The maximum Gasteiger partial charge on any atom is 0.224 e. The Bertz CT molecular complexity index is 668. The Morgan fingerprint density at radius 2 is 1.86 bits per heavy atom. The lowest BCUT2D eigenvalue weighted by Crippen LogP contribution is -2.13. The van der Waals surface area contributed by atoms with Crippen LogP contribution < -0.4 is 11.1 Å². The number of nitrogen functional groups attached to an aromatic ring is 1. The Balaban J connectivity index is 1.95. The van der Waals surface area contributed by atoms with Crippen molar-refractivity contribution in [3.63, 3.8) is 0 Å². The van der Waals surface area contributed by atoms with Crippen molar-refractivity contribution in [1.29, 1.82) is 0 Å². The van der Waals surface area contributed by atoms with Crippen molar-refractivity contribution in [2.75, 3.05) is 11.1 Å². The maximum absolute atomic E-state index is 12.0. The van der Waals surface area contributed by atoms with E-state index in [1.165, 1.54) is 0 Å². The van der Waals surface area contributed by atoms with E-state index in [0.29, 0.717) is 17.9 Å². The molecule has 0 heterocycles. The molecule has 110 valence electrons. The SMILES string of the molecule is Cc1ccc(CCC(=O)Nc2cc(Cl)ccc2C)cc1N. The van der Waals surface area contributed by atoms with Gasteiger partial charge in [-0.15, -0.1) is 0 Å². The number of halogens is 1. The second-order valence-electron chi connectivity index (χ2n) is 5.20. The summed E-state index contributed by atoms with van der Waals surface area (Å²) in [6, 6.07) is 11.4. The smallest absolute Gasteiger partial charge is 0.224 e. The molecule has 2 aromatic carbocycles. The number of amides is 1. The van der Waals surface area contributed by atoms with Crippen LogP contribution in [0.5, 0.6) is 0 Å². The van der Waals surface area contributed by atoms with Gasteiger partial charge in [0, 0.05) is 22.8 Å². The van der Waals surface area contributed by atoms with Gasteiger partial charge in [-0.3, -0.25) is 4.79 Å². The number of hydrogen-bond acceptors (Lipinski definition) is 2. The van der Waals surface area contributed by atoms with Gasteiger partial charge in [0.2, 0.25) is 5.91 Å². The summed E-state index contributed by atoms with van der Waals surface area (Å²) in [5.74, 6) is -0.0282. The Morgan fingerprint density at radius 1 is 1.14 bits per heavy atom. The van der Waals surface area contributed by atoms with Crippen molar-refractivity contribution in [3.05, 3.63) is 58.1 Å². The molecule has 0 aromatic heterocycles. The predicted octanol–water partition coefficient (Wildman–Crippen LogP) is 4.11. The Morgan fingerprint density at radius 3 is 2.57 bits per heavy atom. The zero-order chi connectivity index (χ0) is 15.4. The zero-order valence-electron chi connectivity index (χ0n) is 12.2. The number of aryl methyl sites for hydroxylation is 3. The molecular formula is C17H19ClN2O. The number of nitrogens with two attached hydrogens (primary N) is 1. The third-order valence-corrected chi connectivity index (χ3v) is 3.69. The number of hydrogen-bond donors (Lipinski definition) is 2. The van der Waals surface area contributed by atoms with Crippen molar-refractivity contribution < 1.29 is 4.79 Å². The fourth-order valence-corrected chi connectivity index (χ4v) is 2.22. The number of carbonyl (C=O) groups excluding carboxylic acids is 1. The molecule has 1 amide bonds. The normalized spacial score (nSPS) is 10.4. The largest absolute Gasteiger partial charge is 0.399 e. The maximum atomic E-state index is 12.0. The van der Waals surface area contributed by atoms with Crippen LogP contribution in [0.1, 0.15) is 23.1 Å². The summed E-state index contributed by atoms with van der Waals surface area (Å²) in [5, 5.41) is 3.51. The van der Waals surface area contributed by atoms with E-state index in [9.17, 15) is 4.79 Å². The Kier molecular flexibility index (Phi) is 4.86. The summed E-state index contributed by atoms with van der Waals surface area (Å²) in [6.45, 7) is 3.90. The minimum Gasteiger partial charge on any atom is -0.399 e. The summed E-state index contributed by atoms with van der Waals surface area (Å²) in [7, 11) is 0. The summed E-state index contributed by atoms with van der Waals surface area (Å²) in [4.78, 5) is 12.0. The van der Waals surface area contributed by atoms with Crippen LogP contribution in [0.4, 0.5) is 11.4 Å². The van der Waals surface area contributed by atoms with Crippen LogP contribution in [0.25, 0.3) is 0 Å². The molecule has 0 radical (unpaired) electrons. The van der Waals surface area contributed by atoms with Gasteiger partial charge < -0.3 is 11.1 Å². The third kappa shape index (κ3) is 4.23. The highest BCUT2D eigenvalue weighted by molar-refractivity contribution is 6.31. The molecule has 2 aromatic rings. The van der Waals surface area contributed by atoms with E-state index in [-0.39, 0.29) is 5.91 Å². The van der Waals surface area contributed by atoms with Gasteiger partial charge in [0.1, 0.15) is 0 Å². The van der Waals surface area contributed by atoms with Gasteiger partial charge in [0.05, 0.1) is 0 Å². The average molecular weight is 303 g/mol. The van der Waals surface area contributed by atoms with Crippen molar-refractivity contribution in [3.8, 4) is 0 Å². The molecule has 0 atom stereocenters. The molecule has 3 N–H and O–H groups in total. The second-order valence-corrected chi connectivity index (χ2v) is 5.63. The summed E-state index contributed by atoms with van der Waals surface area (Å²) < 4.78 is 0. The van der Waals surface area contributed by atoms with Crippen LogP contribution in [-0.2, 0) is 11.2 Å². The van der Waals surface area contributed by atoms with E-state index < -0.39 is 0 Å². The van der Waals surface area contributed by atoms with E-state index in [1.807, 2.05) is 44.2 Å². The molecule has 0 aliphatic heterocycles. The monoisotopic (exact) mass is 302 g/mol. The van der Waals surface area contributed by atoms with Crippen molar-refractivity contribution in [2.24, 2.45) is 0 Å². The van der Waals surface area contributed by atoms with E-state index >= 15 is 0 Å². The molecule has 0 aliphatic carbocycles. The number of anilines is 2. The van der Waals surface area contributed by atoms with Gasteiger partial charge >= 0.3 is 0 Å². The highest BCUT2D eigenvalue weighted by atomic mass is 35.5. The molecule has 0 saturated heterocycles. The lowest BCUT2D eigenvalue weighted by atomic mass is 10.1. The molecule has 2 rings (SSSR count). The molecule has 0 bridgehead atoms. The number of carbonyl (C=O) groups is 1. The van der Waals surface area contributed by atoms with Gasteiger partial charge in [-0.05, 0) is 55.2 Å². The van der Waals surface area contributed by atoms with Crippen molar-refractivity contribution >= 4 is 28.9 Å². The van der Waals surface area contributed by atoms with Gasteiger partial charge in [0.15, 0.2) is 0 Å². The summed E-state index contributed by atoms with van der Waals surface area (Å²) in [6.07, 6.45) is 1.07. The first-order valence-electron chi connectivity index (χ1n) is 6.86. The molecule has 0 saturated carbocycles. The molecular weight excluding hydrogens is 284 g/mol. The number of rotatable bonds is 4. The fourth-order valence-electron chi connectivity index (χ4n) is 2.04. The fraction of sp³-hybridized carbons (Fsp3) is 0.235. The van der Waals surface area contributed by atoms with Gasteiger partial charge in [-0.25, -0.2) is 0 Å². The lowest BCUT2D eigenvalue weighted by molar-refractivity contribution is -0.116. The third-order valence-electron chi connectivity index (χ3n) is 3.46. The quantitative estimate of drug-likeness (QED) is 0.835. The zero-order valence-corrected chi connectivity index (χ0v) is 13.0. The first-order valence-corrected chi connectivity index (χ1v) is 7.24. The highest BCUT2D eigenvalue weighted by Gasteiger charge is 2.06. The molecule has 4 heteroatoms. The summed E-state index contributed by atoms with van der Waals surface area (Å²) >= 11 is 5.94. The predicted molar refractivity (Wildman–Crippen MR) is 88.7 cm³/mol. The molecule has 21 heavy (non-hydrogen) atoms. The standard InChI is InChI=1S/C17H19ClN2O/c1-11-3-5-13(9-15(11)19)6-8-17(21)20-16-10-14(18)7-4-12(16)2/h3-5,7,9-10H,6,8,19H2,1-2H3,(H,20,21). The van der Waals surface area contributed by atoms with E-state index in [2.05, 4.69) is 5.32 Å². The number of nitrogens with one attached hydrogen (secondary N) is 1. The number of benzene rings is 2. The van der Waals surface area contributed by atoms with Crippen LogP contribution in [0.3, 0.4) is 0 Å². The first-order chi connectivity index (χ1) is 9.95. The Labute approximate surface area is 130 Å². The van der Waals surface area contributed by atoms with E-state index in [0.717, 1.165) is 28.1 Å². The van der Waals surface area contributed by atoms with Gasteiger partial charge in [-0.2, -0.15) is 0 Å². The molecule has 0 spiro atoms. The van der Waals surface area contributed by atoms with Crippen LogP contribution in [0.2, 0.25) is 5.02 Å². The molecule has 0 aliphatic rings. The minimum atomic E-state index is -0.0282. The van der Waals surface area contributed by atoms with Crippen molar-refractivity contribution in [1.82, 2.24) is 0 Å². The van der Waals surface area contributed by atoms with Gasteiger partial charge in [0.25, 0.3) is 0 Å². The van der Waals surface area contributed by atoms with E-state index in [4.69, 9.17) is 17.3 Å². The average Bonchev–Trinajstić information content (AvgIpc) is 2.44. The molecule has 0 unspecified atom stereocenters. The van der Waals surface area contributed by atoms with E-state index in [1.54, 1.807) is 6.07 Å². The Hall–Kier alpha value is -2.00. The van der Waals surface area contributed by atoms with Crippen LogP contribution in [0.15, 0.2) is 36.4 Å². The van der Waals surface area contributed by atoms with Crippen LogP contribution in [0, 0.1) is 13.8 Å². The van der Waals surface area contributed by atoms with Crippen LogP contribution >= 0.6 is 11.6 Å². The molecule has 0 fully saturated rings. The first kappa shape index (κ1) is 15.4. The van der Waals surface area contributed by atoms with Gasteiger partial charge in [-0.1, -0.05) is 29.8 Å². The minimum absolute atomic E-state index is 0.0282. The lowest BCUT2D eigenvalue weighted by Gasteiger charge is -2.09. The second kappa shape index (κ2) is 6.64. The summed E-state index contributed by atoms with van der Waals surface area (Å²) in [5.41, 5.74) is 10.5. The van der Waals surface area contributed by atoms with Crippen molar-refractivity contribution in [2.45, 2.75) is 26.7 Å². The topological polar surface area (TPSA) is 55.1 Å².